The molecular formula is C47H31NO. The molecule has 1 aliphatic carbocycles. The summed E-state index contributed by atoms with van der Waals surface area (Å²) in [6.07, 6.45) is 3.12. The number of fused-ring (bicyclic) bond motifs is 9. The summed E-state index contributed by atoms with van der Waals surface area (Å²) in [6.45, 7) is 4.62. The van der Waals surface area contributed by atoms with Crippen LogP contribution in [-0.4, -0.2) is 5.71 Å². The third-order valence-electron chi connectivity index (χ3n) is 10.3. The number of para-hydroxylation sites is 2. The minimum absolute atomic E-state index is 0.0284. The minimum atomic E-state index is 0.0284. The van der Waals surface area contributed by atoms with Gasteiger partial charge < -0.3 is 4.42 Å². The highest BCUT2D eigenvalue weighted by Crippen LogP contribution is 2.50. The molecule has 1 aliphatic heterocycles. The number of nitrogens with zero attached hydrogens (tertiary/aromatic N) is 1. The first kappa shape index (κ1) is 27.8. The highest BCUT2D eigenvalue weighted by molar-refractivity contribution is 6.18. The Morgan fingerprint density at radius 2 is 1.31 bits per heavy atom. The van der Waals surface area contributed by atoms with Crippen LogP contribution in [0.15, 0.2) is 179 Å². The lowest BCUT2D eigenvalue weighted by Gasteiger charge is -2.32. The predicted molar refractivity (Wildman–Crippen MR) is 205 cm³/mol. The van der Waals surface area contributed by atoms with Crippen LogP contribution >= 0.6 is 0 Å². The van der Waals surface area contributed by atoms with Crippen LogP contribution in [0.5, 0.6) is 0 Å². The quantitative estimate of drug-likeness (QED) is 0.192. The molecular weight excluding hydrogens is 595 g/mol. The van der Waals surface area contributed by atoms with Crippen LogP contribution in [0.4, 0.5) is 5.69 Å². The van der Waals surface area contributed by atoms with E-state index in [-0.39, 0.29) is 5.92 Å². The van der Waals surface area contributed by atoms with Crippen molar-refractivity contribution in [3.05, 3.63) is 192 Å². The lowest BCUT2D eigenvalue weighted by Crippen LogP contribution is -2.20. The van der Waals surface area contributed by atoms with Gasteiger partial charge in [-0.15, -0.1) is 0 Å². The maximum atomic E-state index is 6.43. The van der Waals surface area contributed by atoms with Gasteiger partial charge in [0.15, 0.2) is 0 Å². The zero-order valence-corrected chi connectivity index (χ0v) is 26.9. The van der Waals surface area contributed by atoms with Crippen LogP contribution in [0, 0.1) is 0 Å². The Balaban J connectivity index is 1.24. The van der Waals surface area contributed by atoms with Crippen LogP contribution in [0.1, 0.15) is 28.2 Å². The first-order valence-corrected chi connectivity index (χ1v) is 16.9. The highest BCUT2D eigenvalue weighted by Gasteiger charge is 2.33. The second-order valence-electron chi connectivity index (χ2n) is 13.2. The molecule has 0 saturated carbocycles. The van der Waals surface area contributed by atoms with Gasteiger partial charge in [0.1, 0.15) is 11.2 Å². The Morgan fingerprint density at radius 3 is 2.22 bits per heavy atom. The van der Waals surface area contributed by atoms with Gasteiger partial charge in [0, 0.05) is 27.8 Å². The molecule has 0 fully saturated rings. The van der Waals surface area contributed by atoms with E-state index in [4.69, 9.17) is 9.41 Å². The maximum absolute atomic E-state index is 6.43. The summed E-state index contributed by atoms with van der Waals surface area (Å²) in [7, 11) is 0. The molecule has 10 rings (SSSR count). The second kappa shape index (κ2) is 10.9. The van der Waals surface area contributed by atoms with Gasteiger partial charge in [-0.1, -0.05) is 128 Å². The zero-order chi connectivity index (χ0) is 32.5. The molecule has 0 radical (unpaired) electrons. The molecule has 0 saturated heterocycles. The summed E-state index contributed by atoms with van der Waals surface area (Å²) in [5.41, 5.74) is 15.6. The Morgan fingerprint density at radius 1 is 0.551 bits per heavy atom. The van der Waals surface area contributed by atoms with E-state index >= 15 is 0 Å². The zero-order valence-electron chi connectivity index (χ0n) is 26.9. The lowest BCUT2D eigenvalue weighted by atomic mass is 9.71. The summed E-state index contributed by atoms with van der Waals surface area (Å²) in [4.78, 5) is 5.51. The van der Waals surface area contributed by atoms with E-state index in [1.54, 1.807) is 0 Å². The van der Waals surface area contributed by atoms with E-state index in [1.165, 1.54) is 49.7 Å². The normalized spacial score (nSPS) is 15.3. The Hall–Kier alpha value is -6.25. The number of benzene rings is 7. The molecule has 2 heteroatoms. The molecule has 0 amide bonds. The van der Waals surface area contributed by atoms with Crippen molar-refractivity contribution in [3.8, 4) is 22.3 Å². The number of hydrogen-bond acceptors (Lipinski definition) is 2. The molecule has 7 aromatic carbocycles. The summed E-state index contributed by atoms with van der Waals surface area (Å²) >= 11 is 0. The SMILES string of the molecule is C=C1C=C(C2Cc3cc4oc5ccccc5c4cc3-c3ccc4ccccc4c32)C(c2cccc(-c3ccccc3)c2)=Nc2ccccc21. The largest absolute Gasteiger partial charge is 0.456 e. The van der Waals surface area contributed by atoms with Crippen molar-refractivity contribution < 1.29 is 4.42 Å². The van der Waals surface area contributed by atoms with Crippen LogP contribution < -0.4 is 0 Å². The summed E-state index contributed by atoms with van der Waals surface area (Å²) < 4.78 is 6.43. The number of furan rings is 1. The van der Waals surface area contributed by atoms with E-state index in [9.17, 15) is 0 Å². The van der Waals surface area contributed by atoms with Gasteiger partial charge in [0.2, 0.25) is 0 Å². The van der Waals surface area contributed by atoms with Crippen molar-refractivity contribution in [3.63, 3.8) is 0 Å². The van der Waals surface area contributed by atoms with Crippen LogP contribution in [0.3, 0.4) is 0 Å². The standard InChI is InChI=1S/C47H31NO/c1-29-24-42(47(48-43-20-9-7-17-35(29)43)33-16-11-15-32(25-33)30-12-3-2-4-13-30)41-26-34-27-45-40(37-19-8-10-21-44(37)49-45)28-39(34)38-23-22-31-14-5-6-18-36(31)46(38)41/h2-25,27-28,41H,1,26H2. The smallest absolute Gasteiger partial charge is 0.135 e. The second-order valence-corrected chi connectivity index (χ2v) is 13.2. The molecule has 0 N–H and O–H groups in total. The minimum Gasteiger partial charge on any atom is -0.456 e. The van der Waals surface area contributed by atoms with Crippen molar-refractivity contribution in [2.24, 2.45) is 4.99 Å². The fraction of sp³-hybridized carbons (Fsp3) is 0.0426. The number of allylic oxidation sites excluding steroid dienone is 3. The van der Waals surface area contributed by atoms with E-state index in [1.807, 2.05) is 6.07 Å². The van der Waals surface area contributed by atoms with E-state index in [0.29, 0.717) is 0 Å². The van der Waals surface area contributed by atoms with Crippen LogP contribution in [0.25, 0.3) is 60.5 Å². The Labute approximate surface area is 285 Å². The third-order valence-corrected chi connectivity index (χ3v) is 10.3. The lowest BCUT2D eigenvalue weighted by molar-refractivity contribution is 0.667. The summed E-state index contributed by atoms with van der Waals surface area (Å²) in [5, 5.41) is 4.83. The van der Waals surface area contributed by atoms with E-state index in [0.717, 1.165) is 56.5 Å². The molecule has 49 heavy (non-hydrogen) atoms. The van der Waals surface area contributed by atoms with Gasteiger partial charge in [0.25, 0.3) is 0 Å². The van der Waals surface area contributed by atoms with Gasteiger partial charge in [-0.25, -0.2) is 4.99 Å². The average Bonchev–Trinajstić information content (AvgIpc) is 3.45. The fourth-order valence-electron chi connectivity index (χ4n) is 8.06. The Kier molecular flexibility index (Phi) is 6.19. The van der Waals surface area contributed by atoms with Crippen molar-refractivity contribution in [2.75, 3.05) is 0 Å². The van der Waals surface area contributed by atoms with Crippen LogP contribution in [-0.2, 0) is 6.42 Å². The topological polar surface area (TPSA) is 25.5 Å². The third kappa shape index (κ3) is 4.45. The van der Waals surface area contributed by atoms with Crippen molar-refractivity contribution in [1.29, 1.82) is 0 Å². The summed E-state index contributed by atoms with van der Waals surface area (Å²) in [6, 6.07) is 54.2. The molecule has 8 aromatic rings. The molecule has 2 aliphatic rings. The first-order valence-electron chi connectivity index (χ1n) is 16.9. The van der Waals surface area contributed by atoms with Crippen molar-refractivity contribution in [1.82, 2.24) is 0 Å². The average molecular weight is 626 g/mol. The molecule has 1 unspecified atom stereocenters. The number of aliphatic imine (C=N–C) groups is 1. The molecule has 0 bridgehead atoms. The Bertz CT molecular complexity index is 2710. The predicted octanol–water partition coefficient (Wildman–Crippen LogP) is 12.5. The molecule has 1 atom stereocenters. The maximum Gasteiger partial charge on any atom is 0.135 e. The number of rotatable bonds is 3. The fourth-order valence-corrected chi connectivity index (χ4v) is 8.06. The van der Waals surface area contributed by atoms with Gasteiger partial charge in [0.05, 0.1) is 11.4 Å². The first-order chi connectivity index (χ1) is 24.2. The summed E-state index contributed by atoms with van der Waals surface area (Å²) in [5.74, 6) is 0.0284. The van der Waals surface area contributed by atoms with Gasteiger partial charge in [-0.05, 0) is 98.1 Å². The van der Waals surface area contributed by atoms with E-state index < -0.39 is 0 Å². The number of hydrogen-bond donors (Lipinski definition) is 0. The monoisotopic (exact) mass is 625 g/mol. The van der Waals surface area contributed by atoms with Crippen LogP contribution in [0.2, 0.25) is 0 Å². The van der Waals surface area contributed by atoms with E-state index in [2.05, 4.69) is 158 Å². The van der Waals surface area contributed by atoms with Crippen molar-refractivity contribution in [2.45, 2.75) is 12.3 Å². The van der Waals surface area contributed by atoms with Gasteiger partial charge >= 0.3 is 0 Å². The van der Waals surface area contributed by atoms with Gasteiger partial charge in [-0.3, -0.25) is 0 Å². The molecule has 1 aromatic heterocycles. The van der Waals surface area contributed by atoms with Crippen molar-refractivity contribution >= 4 is 49.7 Å². The highest BCUT2D eigenvalue weighted by atomic mass is 16.3. The molecule has 0 spiro atoms. The van der Waals surface area contributed by atoms with Gasteiger partial charge in [-0.2, -0.15) is 0 Å². The molecule has 2 nitrogen and oxygen atoms in total. The molecule has 230 valence electrons. The molecule has 2 heterocycles.